The van der Waals surface area contributed by atoms with Crippen LogP contribution < -0.4 is 0 Å². The van der Waals surface area contributed by atoms with Crippen molar-refractivity contribution in [3.8, 4) is 0 Å². The summed E-state index contributed by atoms with van der Waals surface area (Å²) in [5.41, 5.74) is -1.42. The van der Waals surface area contributed by atoms with Crippen LogP contribution in [0.2, 0.25) is 0 Å². The van der Waals surface area contributed by atoms with Crippen LogP contribution in [0.15, 0.2) is 69.5 Å². The van der Waals surface area contributed by atoms with Crippen molar-refractivity contribution in [2.24, 2.45) is 9.98 Å². The second-order valence-electron chi connectivity index (χ2n) is 5.50. The van der Waals surface area contributed by atoms with E-state index in [0.717, 1.165) is 12.2 Å². The minimum absolute atomic E-state index is 0.516. The fourth-order valence-electron chi connectivity index (χ4n) is 2.57. The summed E-state index contributed by atoms with van der Waals surface area (Å²) in [5.74, 6) is 0. The van der Waals surface area contributed by atoms with Gasteiger partial charge >= 0.3 is 0 Å². The molecule has 0 saturated heterocycles. The van der Waals surface area contributed by atoms with Crippen LogP contribution in [-0.4, -0.2) is 46.7 Å². The quantitative estimate of drug-likeness (QED) is 0.379. The predicted molar refractivity (Wildman–Crippen MR) is 111 cm³/mol. The van der Waals surface area contributed by atoms with Crippen molar-refractivity contribution in [2.45, 2.75) is 10.4 Å². The minimum atomic E-state index is -5.21. The number of aliphatic imine (C=N–C) groups is 2. The summed E-state index contributed by atoms with van der Waals surface area (Å²) in [4.78, 5) is 3.74. The van der Waals surface area contributed by atoms with Crippen LogP contribution in [0.3, 0.4) is 0 Å². The minimum Gasteiger partial charge on any atom is -0.283 e. The number of nitrogens with zero attached hydrogens (tertiary/aromatic N) is 2. The second-order valence-corrected chi connectivity index (χ2v) is 8.86. The standard InChI is InChI=1S/C16H12N2O6S4/c19-27(20,21)14-7-9-15(17-11-25,8-6-13-4-2-1-3-5-13)16(10-14,18-12-26)28(22,23)24/h1-10H,(H,19,20,21)(H,22,23,24). The van der Waals surface area contributed by atoms with Gasteiger partial charge in [0.2, 0.25) is 4.87 Å². The molecule has 146 valence electrons. The van der Waals surface area contributed by atoms with E-state index in [1.807, 2.05) is 10.3 Å². The highest BCUT2D eigenvalue weighted by Gasteiger charge is 2.59. The zero-order chi connectivity index (χ0) is 21.1. The summed E-state index contributed by atoms with van der Waals surface area (Å²) < 4.78 is 67.0. The van der Waals surface area contributed by atoms with Crippen molar-refractivity contribution in [2.75, 3.05) is 0 Å². The predicted octanol–water partition coefficient (Wildman–Crippen LogP) is 2.57. The summed E-state index contributed by atoms with van der Waals surface area (Å²) >= 11 is 9.11. The first-order valence-corrected chi connectivity index (χ1v) is 11.0. The molecule has 0 heterocycles. The Kier molecular flexibility index (Phi) is 6.39. The molecule has 0 saturated carbocycles. The molecular formula is C16H12N2O6S4. The Labute approximate surface area is 172 Å². The Morgan fingerprint density at radius 2 is 1.61 bits per heavy atom. The molecule has 0 amide bonds. The Bertz CT molecular complexity index is 1170. The molecule has 2 atom stereocenters. The molecule has 0 aliphatic heterocycles. The molecule has 2 N–H and O–H groups in total. The summed E-state index contributed by atoms with van der Waals surface area (Å²) in [6.07, 6.45) is 5.12. The average Bonchev–Trinajstić information content (AvgIpc) is 2.61. The Morgan fingerprint density at radius 1 is 1.00 bits per heavy atom. The molecule has 0 aromatic heterocycles. The first-order chi connectivity index (χ1) is 13.0. The third-order valence-corrected chi connectivity index (χ3v) is 6.23. The van der Waals surface area contributed by atoms with Gasteiger partial charge in [0.25, 0.3) is 20.2 Å². The lowest BCUT2D eigenvalue weighted by Gasteiger charge is -2.37. The largest absolute Gasteiger partial charge is 0.299 e. The highest BCUT2D eigenvalue weighted by atomic mass is 32.2. The van der Waals surface area contributed by atoms with E-state index in [2.05, 4.69) is 34.4 Å². The van der Waals surface area contributed by atoms with Gasteiger partial charge < -0.3 is 0 Å². The Morgan fingerprint density at radius 3 is 2.11 bits per heavy atom. The van der Waals surface area contributed by atoms with Crippen LogP contribution in [0.4, 0.5) is 0 Å². The van der Waals surface area contributed by atoms with E-state index in [9.17, 15) is 25.9 Å². The maximum absolute atomic E-state index is 12.3. The Balaban J connectivity index is 2.91. The SMILES string of the molecule is O=S(=O)(O)C1=CC(N=C=S)(S(=O)(=O)O)C(C=Cc2ccccc2)(N=C=S)C=C1. The fourth-order valence-corrected chi connectivity index (χ4v) is 4.59. The number of rotatable bonds is 6. The summed E-state index contributed by atoms with van der Waals surface area (Å²) in [7, 11) is -10.1. The summed E-state index contributed by atoms with van der Waals surface area (Å²) in [6, 6.07) is 8.63. The smallest absolute Gasteiger partial charge is 0.283 e. The van der Waals surface area contributed by atoms with Gasteiger partial charge in [-0.3, -0.25) is 9.11 Å². The molecule has 2 rings (SSSR count). The highest BCUT2D eigenvalue weighted by molar-refractivity contribution is 7.90. The number of hydrogen-bond acceptors (Lipinski definition) is 8. The van der Waals surface area contributed by atoms with Crippen LogP contribution in [0, 0.1) is 0 Å². The second kappa shape index (κ2) is 8.08. The molecule has 8 nitrogen and oxygen atoms in total. The number of allylic oxidation sites excluding steroid dienone is 1. The highest BCUT2D eigenvalue weighted by Crippen LogP contribution is 2.43. The molecule has 1 aliphatic rings. The van der Waals surface area contributed by atoms with E-state index < -0.39 is 35.6 Å². The summed E-state index contributed by atoms with van der Waals surface area (Å²) in [6.45, 7) is 0. The van der Waals surface area contributed by atoms with Crippen molar-refractivity contribution in [1.29, 1.82) is 0 Å². The third-order valence-electron chi connectivity index (χ3n) is 3.88. The monoisotopic (exact) mass is 456 g/mol. The molecule has 2 unspecified atom stereocenters. The molecular weight excluding hydrogens is 444 g/mol. The van der Waals surface area contributed by atoms with Gasteiger partial charge in [0.1, 0.15) is 0 Å². The van der Waals surface area contributed by atoms with Crippen molar-refractivity contribution in [1.82, 2.24) is 0 Å². The van der Waals surface area contributed by atoms with Gasteiger partial charge in [0.15, 0.2) is 5.54 Å². The van der Waals surface area contributed by atoms with Crippen LogP contribution >= 0.6 is 24.4 Å². The molecule has 12 heteroatoms. The molecule has 1 aliphatic carbocycles. The van der Waals surface area contributed by atoms with Gasteiger partial charge in [-0.1, -0.05) is 36.4 Å². The first kappa shape index (κ1) is 22.2. The van der Waals surface area contributed by atoms with Gasteiger partial charge in [-0.05, 0) is 54.3 Å². The van der Waals surface area contributed by atoms with Crippen LogP contribution in [0.25, 0.3) is 6.08 Å². The number of hydrogen-bond donors (Lipinski definition) is 2. The van der Waals surface area contributed by atoms with Gasteiger partial charge in [0, 0.05) is 0 Å². The molecule has 0 spiro atoms. The number of benzene rings is 1. The molecule has 0 bridgehead atoms. The van der Waals surface area contributed by atoms with Crippen LogP contribution in [-0.2, 0) is 20.2 Å². The maximum Gasteiger partial charge on any atom is 0.299 e. The number of isothiocyanates is 2. The molecule has 1 aromatic rings. The molecule has 28 heavy (non-hydrogen) atoms. The van der Waals surface area contributed by atoms with Crippen LogP contribution in [0.1, 0.15) is 5.56 Å². The fraction of sp³-hybridized carbons (Fsp3) is 0.125. The zero-order valence-electron chi connectivity index (χ0n) is 13.8. The maximum atomic E-state index is 12.3. The van der Waals surface area contributed by atoms with Crippen molar-refractivity contribution in [3.05, 3.63) is 65.1 Å². The van der Waals surface area contributed by atoms with Crippen molar-refractivity contribution in [3.63, 3.8) is 0 Å². The van der Waals surface area contributed by atoms with E-state index in [0.29, 0.717) is 11.6 Å². The molecule has 0 radical (unpaired) electrons. The van der Waals surface area contributed by atoms with Gasteiger partial charge in [0.05, 0.1) is 15.2 Å². The van der Waals surface area contributed by atoms with Gasteiger partial charge in [-0.2, -0.15) is 21.8 Å². The normalized spacial score (nSPS) is 24.9. The lowest BCUT2D eigenvalue weighted by molar-refractivity contribution is 0.411. The number of thiocarbonyl (C=S) groups is 2. The first-order valence-electron chi connectivity index (χ1n) is 7.30. The molecule has 1 aromatic carbocycles. The van der Waals surface area contributed by atoms with E-state index in [1.165, 1.54) is 12.2 Å². The topological polar surface area (TPSA) is 133 Å². The van der Waals surface area contributed by atoms with E-state index in [1.54, 1.807) is 30.3 Å². The summed E-state index contributed by atoms with van der Waals surface area (Å²) in [5, 5.41) is 3.85. The van der Waals surface area contributed by atoms with Crippen molar-refractivity contribution < 1.29 is 25.9 Å². The van der Waals surface area contributed by atoms with Gasteiger partial charge in [-0.25, -0.2) is 4.99 Å². The lowest BCUT2D eigenvalue weighted by Crippen LogP contribution is -2.54. The average molecular weight is 457 g/mol. The van der Waals surface area contributed by atoms with E-state index in [4.69, 9.17) is 0 Å². The van der Waals surface area contributed by atoms with E-state index in [-0.39, 0.29) is 0 Å². The van der Waals surface area contributed by atoms with E-state index >= 15 is 0 Å². The third kappa shape index (κ3) is 4.14. The van der Waals surface area contributed by atoms with Crippen LogP contribution in [0.5, 0.6) is 0 Å². The molecule has 0 fully saturated rings. The Hall–Kier alpha value is -2.14. The zero-order valence-corrected chi connectivity index (χ0v) is 17.1. The van der Waals surface area contributed by atoms with Crippen molar-refractivity contribution >= 4 is 61.1 Å². The van der Waals surface area contributed by atoms with Gasteiger partial charge in [-0.15, -0.1) is 0 Å². The lowest BCUT2D eigenvalue weighted by atomic mass is 9.85.